The Morgan fingerprint density at radius 1 is 1.35 bits per heavy atom. The molecule has 1 fully saturated rings. The van der Waals surface area contributed by atoms with Gasteiger partial charge in [0.15, 0.2) is 0 Å². The maximum Gasteiger partial charge on any atom is 0.301 e. The zero-order chi connectivity index (χ0) is 14.4. The Balaban J connectivity index is 2.04. The monoisotopic (exact) mass is 301 g/mol. The van der Waals surface area contributed by atoms with Crippen molar-refractivity contribution in [2.75, 3.05) is 44.2 Å². The van der Waals surface area contributed by atoms with Gasteiger partial charge < -0.3 is 15.2 Å². The lowest BCUT2D eigenvalue weighted by Gasteiger charge is -2.26. The Morgan fingerprint density at radius 3 is 2.80 bits per heavy atom. The SMILES string of the molecule is NCCOc1cccc(NS(=O)(=O)N2CCOCC2)c1. The van der Waals surface area contributed by atoms with Crippen LogP contribution < -0.4 is 15.2 Å². The van der Waals surface area contributed by atoms with Gasteiger partial charge in [0, 0.05) is 25.7 Å². The minimum absolute atomic E-state index is 0.360. The summed E-state index contributed by atoms with van der Waals surface area (Å²) in [4.78, 5) is 0. The van der Waals surface area contributed by atoms with E-state index in [1.807, 2.05) is 0 Å². The first-order valence-corrected chi connectivity index (χ1v) is 7.84. The van der Waals surface area contributed by atoms with Crippen LogP contribution in [0.4, 0.5) is 5.69 Å². The van der Waals surface area contributed by atoms with E-state index in [2.05, 4.69) is 4.72 Å². The number of nitrogens with zero attached hydrogens (tertiary/aromatic N) is 1. The Bertz CT molecular complexity index is 529. The Kier molecular flexibility index (Phi) is 5.18. The third-order valence-electron chi connectivity index (χ3n) is 2.78. The zero-order valence-electron chi connectivity index (χ0n) is 11.1. The van der Waals surface area contributed by atoms with E-state index in [4.69, 9.17) is 15.2 Å². The van der Waals surface area contributed by atoms with E-state index in [9.17, 15) is 8.42 Å². The molecule has 0 bridgehead atoms. The number of morpholine rings is 1. The van der Waals surface area contributed by atoms with Gasteiger partial charge in [-0.25, -0.2) is 0 Å². The lowest BCUT2D eigenvalue weighted by molar-refractivity contribution is 0.0733. The predicted octanol–water partition coefficient (Wildman–Crippen LogP) is 0.0130. The van der Waals surface area contributed by atoms with Crippen molar-refractivity contribution >= 4 is 15.9 Å². The van der Waals surface area contributed by atoms with Crippen molar-refractivity contribution in [1.29, 1.82) is 0 Å². The van der Waals surface area contributed by atoms with Gasteiger partial charge >= 0.3 is 10.2 Å². The van der Waals surface area contributed by atoms with Crippen molar-refractivity contribution < 1.29 is 17.9 Å². The Hall–Kier alpha value is -1.35. The van der Waals surface area contributed by atoms with Crippen molar-refractivity contribution in [2.45, 2.75) is 0 Å². The summed E-state index contributed by atoms with van der Waals surface area (Å²) in [7, 11) is -3.55. The van der Waals surface area contributed by atoms with E-state index in [1.54, 1.807) is 24.3 Å². The Labute approximate surface area is 118 Å². The summed E-state index contributed by atoms with van der Waals surface area (Å²) in [5, 5.41) is 0. The summed E-state index contributed by atoms with van der Waals surface area (Å²) in [6, 6.07) is 6.78. The molecule has 112 valence electrons. The summed E-state index contributed by atoms with van der Waals surface area (Å²) in [5.74, 6) is 0.581. The number of rotatable bonds is 6. The zero-order valence-corrected chi connectivity index (χ0v) is 11.9. The lowest BCUT2D eigenvalue weighted by atomic mass is 10.3. The van der Waals surface area contributed by atoms with Crippen LogP contribution in [0, 0.1) is 0 Å². The van der Waals surface area contributed by atoms with Crippen molar-refractivity contribution in [3.05, 3.63) is 24.3 Å². The molecular weight excluding hydrogens is 282 g/mol. The minimum atomic E-state index is -3.55. The summed E-state index contributed by atoms with van der Waals surface area (Å²) >= 11 is 0. The highest BCUT2D eigenvalue weighted by Gasteiger charge is 2.24. The van der Waals surface area contributed by atoms with E-state index >= 15 is 0 Å². The van der Waals surface area contributed by atoms with Crippen molar-refractivity contribution in [3.63, 3.8) is 0 Å². The van der Waals surface area contributed by atoms with Crippen LogP contribution in [-0.4, -0.2) is 52.2 Å². The standard InChI is InChI=1S/C12H19N3O4S/c13-4-7-19-12-3-1-2-11(10-12)14-20(16,17)15-5-8-18-9-6-15/h1-3,10,14H,4-9,13H2. The number of hydrogen-bond acceptors (Lipinski definition) is 5. The fraction of sp³-hybridized carbons (Fsp3) is 0.500. The van der Waals surface area contributed by atoms with E-state index in [1.165, 1.54) is 4.31 Å². The molecule has 3 N–H and O–H groups in total. The van der Waals surface area contributed by atoms with Crippen molar-refractivity contribution in [3.8, 4) is 5.75 Å². The van der Waals surface area contributed by atoms with Crippen LogP contribution in [0.3, 0.4) is 0 Å². The molecule has 7 nitrogen and oxygen atoms in total. The van der Waals surface area contributed by atoms with Gasteiger partial charge in [-0.1, -0.05) is 6.07 Å². The van der Waals surface area contributed by atoms with Gasteiger partial charge in [-0.15, -0.1) is 0 Å². The van der Waals surface area contributed by atoms with Gasteiger partial charge in [-0.2, -0.15) is 12.7 Å². The third kappa shape index (κ3) is 4.07. The first-order chi connectivity index (χ1) is 9.62. The molecule has 8 heteroatoms. The number of ether oxygens (including phenoxy) is 2. The second kappa shape index (κ2) is 6.89. The fourth-order valence-electron chi connectivity index (χ4n) is 1.83. The van der Waals surface area contributed by atoms with Crippen LogP contribution in [0.15, 0.2) is 24.3 Å². The number of benzene rings is 1. The second-order valence-corrected chi connectivity index (χ2v) is 5.95. The maximum atomic E-state index is 12.2. The molecule has 2 rings (SSSR count). The third-order valence-corrected chi connectivity index (χ3v) is 4.32. The van der Waals surface area contributed by atoms with Gasteiger partial charge in [-0.3, -0.25) is 4.72 Å². The normalized spacial score (nSPS) is 16.9. The molecule has 1 aliphatic rings. The molecule has 0 saturated carbocycles. The molecule has 1 aromatic rings. The van der Waals surface area contributed by atoms with Crippen LogP contribution in [-0.2, 0) is 14.9 Å². The van der Waals surface area contributed by atoms with E-state index in [0.717, 1.165) is 0 Å². The van der Waals surface area contributed by atoms with Gasteiger partial charge in [0.1, 0.15) is 12.4 Å². The molecule has 1 saturated heterocycles. The van der Waals surface area contributed by atoms with E-state index in [0.29, 0.717) is 50.9 Å². The minimum Gasteiger partial charge on any atom is -0.492 e. The van der Waals surface area contributed by atoms with Crippen LogP contribution in [0.2, 0.25) is 0 Å². The molecule has 0 radical (unpaired) electrons. The quantitative estimate of drug-likeness (QED) is 0.772. The van der Waals surface area contributed by atoms with Crippen LogP contribution in [0.5, 0.6) is 5.75 Å². The molecular formula is C12H19N3O4S. The summed E-state index contributed by atoms with van der Waals surface area (Å²) in [5.41, 5.74) is 5.82. The number of hydrogen-bond donors (Lipinski definition) is 2. The highest BCUT2D eigenvalue weighted by molar-refractivity contribution is 7.90. The van der Waals surface area contributed by atoms with Crippen LogP contribution >= 0.6 is 0 Å². The first-order valence-electron chi connectivity index (χ1n) is 6.40. The molecule has 0 amide bonds. The van der Waals surface area contributed by atoms with E-state index in [-0.39, 0.29) is 0 Å². The van der Waals surface area contributed by atoms with Crippen LogP contribution in [0.1, 0.15) is 0 Å². The summed E-state index contributed by atoms with van der Waals surface area (Å²) < 4.78 is 38.8. The van der Waals surface area contributed by atoms with Gasteiger partial charge in [0.25, 0.3) is 0 Å². The number of nitrogens with one attached hydrogen (secondary N) is 1. The molecule has 1 heterocycles. The molecule has 0 unspecified atom stereocenters. The molecule has 1 aliphatic heterocycles. The average molecular weight is 301 g/mol. The van der Waals surface area contributed by atoms with Gasteiger partial charge in [-0.05, 0) is 12.1 Å². The van der Waals surface area contributed by atoms with Gasteiger partial charge in [0.2, 0.25) is 0 Å². The lowest BCUT2D eigenvalue weighted by Crippen LogP contribution is -2.43. The van der Waals surface area contributed by atoms with Crippen LogP contribution in [0.25, 0.3) is 0 Å². The van der Waals surface area contributed by atoms with Crippen molar-refractivity contribution in [1.82, 2.24) is 4.31 Å². The molecule has 1 aromatic carbocycles. The molecule has 0 atom stereocenters. The molecule has 0 aliphatic carbocycles. The average Bonchev–Trinajstić information content (AvgIpc) is 2.46. The van der Waals surface area contributed by atoms with Gasteiger partial charge in [0.05, 0.1) is 18.9 Å². The topological polar surface area (TPSA) is 93.9 Å². The summed E-state index contributed by atoms with van der Waals surface area (Å²) in [6.07, 6.45) is 0. The van der Waals surface area contributed by atoms with Crippen molar-refractivity contribution in [2.24, 2.45) is 5.73 Å². The highest BCUT2D eigenvalue weighted by atomic mass is 32.2. The molecule has 0 aromatic heterocycles. The largest absolute Gasteiger partial charge is 0.492 e. The smallest absolute Gasteiger partial charge is 0.301 e. The number of nitrogens with two attached hydrogens (primary N) is 1. The Morgan fingerprint density at radius 2 is 2.10 bits per heavy atom. The second-order valence-electron chi connectivity index (χ2n) is 4.28. The molecule has 0 spiro atoms. The highest BCUT2D eigenvalue weighted by Crippen LogP contribution is 2.19. The maximum absolute atomic E-state index is 12.2. The number of anilines is 1. The molecule has 20 heavy (non-hydrogen) atoms. The predicted molar refractivity (Wildman–Crippen MR) is 75.9 cm³/mol. The van der Waals surface area contributed by atoms with E-state index < -0.39 is 10.2 Å². The summed E-state index contributed by atoms with van der Waals surface area (Å²) in [6.45, 7) is 2.35. The fourth-order valence-corrected chi connectivity index (χ4v) is 3.01. The first kappa shape index (κ1) is 15.0.